The number of rotatable bonds is 3. The average molecular weight is 322 g/mol. The summed E-state index contributed by atoms with van der Waals surface area (Å²) in [4.78, 5) is 14.1. The second kappa shape index (κ2) is 6.67. The number of benzene rings is 1. The Balaban J connectivity index is 2.42. The fraction of sp³-hybridized carbons (Fsp3) is 0.333. The van der Waals surface area contributed by atoms with Gasteiger partial charge >= 0.3 is 0 Å². The van der Waals surface area contributed by atoms with E-state index in [4.69, 9.17) is 5.73 Å². The molecule has 0 spiro atoms. The molecule has 6 heteroatoms. The number of hydrogen-bond donors (Lipinski definition) is 1. The van der Waals surface area contributed by atoms with Crippen molar-refractivity contribution < 1.29 is 0 Å². The van der Waals surface area contributed by atoms with Crippen molar-refractivity contribution in [2.24, 2.45) is 0 Å². The van der Waals surface area contributed by atoms with E-state index in [0.717, 1.165) is 5.56 Å². The summed E-state index contributed by atoms with van der Waals surface area (Å²) >= 11 is 0. The zero-order chi connectivity index (χ0) is 17.9. The summed E-state index contributed by atoms with van der Waals surface area (Å²) in [6.45, 7) is 6.48. The molecule has 124 valence electrons. The second-order valence-electron chi connectivity index (χ2n) is 6.75. The monoisotopic (exact) mass is 322 g/mol. The molecular formula is C18H22N6. The van der Waals surface area contributed by atoms with E-state index in [-0.39, 0.29) is 17.2 Å². The highest BCUT2D eigenvalue weighted by Crippen LogP contribution is 2.23. The van der Waals surface area contributed by atoms with Crippen LogP contribution in [0.25, 0.3) is 11.6 Å². The smallest absolute Gasteiger partial charge is 0.230 e. The number of nitrogens with two attached hydrogens (primary N) is 1. The third-order valence-corrected chi connectivity index (χ3v) is 3.49. The first-order valence-corrected chi connectivity index (χ1v) is 7.62. The minimum Gasteiger partial charge on any atom is -0.368 e. The Morgan fingerprint density at radius 3 is 2.25 bits per heavy atom. The van der Waals surface area contributed by atoms with Gasteiger partial charge in [-0.1, -0.05) is 45.0 Å². The van der Waals surface area contributed by atoms with E-state index in [0.29, 0.717) is 11.5 Å². The van der Waals surface area contributed by atoms with Crippen molar-refractivity contribution in [1.82, 2.24) is 15.0 Å². The summed E-state index contributed by atoms with van der Waals surface area (Å²) in [5, 5.41) is 9.47. The molecule has 0 aliphatic carbocycles. The highest BCUT2D eigenvalue weighted by atomic mass is 15.3. The van der Waals surface area contributed by atoms with Crippen LogP contribution < -0.4 is 10.6 Å². The van der Waals surface area contributed by atoms with Crippen molar-refractivity contribution in [2.75, 3.05) is 24.7 Å². The fourth-order valence-corrected chi connectivity index (χ4v) is 2.09. The summed E-state index contributed by atoms with van der Waals surface area (Å²) in [6.07, 6.45) is 1.75. The summed E-state index contributed by atoms with van der Waals surface area (Å²) in [7, 11) is 3.61. The van der Waals surface area contributed by atoms with E-state index in [2.05, 4.69) is 53.9 Å². The highest BCUT2D eigenvalue weighted by molar-refractivity contribution is 5.87. The molecule has 2 rings (SSSR count). The Bertz CT molecular complexity index is 792. The summed E-state index contributed by atoms with van der Waals surface area (Å²) in [5.41, 5.74) is 8.30. The summed E-state index contributed by atoms with van der Waals surface area (Å²) < 4.78 is 0. The number of nitriles is 1. The first-order valence-electron chi connectivity index (χ1n) is 7.62. The van der Waals surface area contributed by atoms with Gasteiger partial charge in [-0.25, -0.2) is 0 Å². The maximum absolute atomic E-state index is 9.47. The lowest BCUT2D eigenvalue weighted by molar-refractivity contribution is 0.590. The van der Waals surface area contributed by atoms with Gasteiger partial charge in [0.15, 0.2) is 5.82 Å². The Morgan fingerprint density at radius 2 is 1.75 bits per heavy atom. The van der Waals surface area contributed by atoms with Gasteiger partial charge in [0, 0.05) is 14.1 Å². The topological polar surface area (TPSA) is 91.7 Å². The zero-order valence-corrected chi connectivity index (χ0v) is 14.7. The van der Waals surface area contributed by atoms with Crippen molar-refractivity contribution in [3.8, 4) is 6.07 Å². The van der Waals surface area contributed by atoms with Crippen LogP contribution in [0.15, 0.2) is 24.3 Å². The Morgan fingerprint density at radius 1 is 1.12 bits per heavy atom. The van der Waals surface area contributed by atoms with Crippen LogP contribution in [-0.2, 0) is 5.41 Å². The van der Waals surface area contributed by atoms with Crippen LogP contribution in [-0.4, -0.2) is 29.0 Å². The average Bonchev–Trinajstić information content (AvgIpc) is 2.51. The molecular weight excluding hydrogens is 300 g/mol. The fourth-order valence-electron chi connectivity index (χ4n) is 2.09. The SMILES string of the molecule is CN(C)c1nc(N)nc(/C(C#N)=C/c2ccc(C(C)(C)C)cc2)n1. The maximum atomic E-state index is 9.47. The van der Waals surface area contributed by atoms with Crippen molar-refractivity contribution >= 4 is 23.5 Å². The van der Waals surface area contributed by atoms with Crippen molar-refractivity contribution in [2.45, 2.75) is 26.2 Å². The lowest BCUT2D eigenvalue weighted by Crippen LogP contribution is -2.15. The lowest BCUT2D eigenvalue weighted by atomic mass is 9.86. The van der Waals surface area contributed by atoms with E-state index in [1.54, 1.807) is 25.1 Å². The molecule has 0 fully saturated rings. The third kappa shape index (κ3) is 4.07. The highest BCUT2D eigenvalue weighted by Gasteiger charge is 2.13. The van der Waals surface area contributed by atoms with Gasteiger partial charge in [0.2, 0.25) is 11.9 Å². The maximum Gasteiger partial charge on any atom is 0.230 e. The van der Waals surface area contributed by atoms with E-state index in [9.17, 15) is 5.26 Å². The van der Waals surface area contributed by atoms with Gasteiger partial charge in [-0.05, 0) is 22.6 Å². The van der Waals surface area contributed by atoms with Crippen molar-refractivity contribution in [1.29, 1.82) is 5.26 Å². The standard InChI is InChI=1S/C18H22N6/c1-18(2,3)14-8-6-12(7-9-14)10-13(11-19)15-21-16(20)23-17(22-15)24(4)5/h6-10H,1-5H3,(H2,20,21,22,23)/b13-10+. The largest absolute Gasteiger partial charge is 0.368 e. The van der Waals surface area contributed by atoms with Crippen LogP contribution in [0.3, 0.4) is 0 Å². The Labute approximate surface area is 142 Å². The van der Waals surface area contributed by atoms with E-state index in [1.807, 2.05) is 12.1 Å². The minimum atomic E-state index is 0.0869. The second-order valence-corrected chi connectivity index (χ2v) is 6.75. The Kier molecular flexibility index (Phi) is 4.84. The molecule has 0 saturated heterocycles. The molecule has 0 atom stereocenters. The van der Waals surface area contributed by atoms with Gasteiger partial charge in [-0.2, -0.15) is 20.2 Å². The molecule has 2 aromatic rings. The van der Waals surface area contributed by atoms with Crippen LogP contribution in [0.4, 0.5) is 11.9 Å². The van der Waals surface area contributed by atoms with E-state index >= 15 is 0 Å². The van der Waals surface area contributed by atoms with Crippen LogP contribution in [0.5, 0.6) is 0 Å². The Hall–Kier alpha value is -2.94. The molecule has 0 aliphatic rings. The molecule has 0 aliphatic heterocycles. The first kappa shape index (κ1) is 17.4. The normalized spacial score (nSPS) is 11.9. The van der Waals surface area contributed by atoms with Gasteiger partial charge < -0.3 is 10.6 Å². The number of aromatic nitrogens is 3. The van der Waals surface area contributed by atoms with Crippen LogP contribution >= 0.6 is 0 Å². The predicted octanol–water partition coefficient (Wildman–Crippen LogP) is 2.88. The van der Waals surface area contributed by atoms with Crippen LogP contribution in [0.2, 0.25) is 0 Å². The first-order chi connectivity index (χ1) is 11.2. The van der Waals surface area contributed by atoms with Crippen molar-refractivity contribution in [3.63, 3.8) is 0 Å². The molecule has 1 aromatic carbocycles. The number of hydrogen-bond acceptors (Lipinski definition) is 6. The zero-order valence-electron chi connectivity index (χ0n) is 14.7. The molecule has 0 unspecified atom stereocenters. The van der Waals surface area contributed by atoms with Gasteiger partial charge in [0.25, 0.3) is 0 Å². The lowest BCUT2D eigenvalue weighted by Gasteiger charge is -2.18. The quantitative estimate of drug-likeness (QED) is 0.874. The van der Waals surface area contributed by atoms with Gasteiger partial charge in [0.1, 0.15) is 6.07 Å². The van der Waals surface area contributed by atoms with E-state index in [1.165, 1.54) is 5.56 Å². The predicted molar refractivity (Wildman–Crippen MR) is 97.2 cm³/mol. The molecule has 1 aromatic heterocycles. The van der Waals surface area contributed by atoms with Crippen molar-refractivity contribution in [3.05, 3.63) is 41.2 Å². The summed E-state index contributed by atoms with van der Waals surface area (Å²) in [5.74, 6) is 0.781. The summed E-state index contributed by atoms with van der Waals surface area (Å²) in [6, 6.07) is 10.2. The van der Waals surface area contributed by atoms with Crippen LogP contribution in [0.1, 0.15) is 37.7 Å². The minimum absolute atomic E-state index is 0.0869. The molecule has 24 heavy (non-hydrogen) atoms. The number of nitrogen functional groups attached to an aromatic ring is 1. The number of nitrogens with zero attached hydrogens (tertiary/aromatic N) is 5. The molecule has 6 nitrogen and oxygen atoms in total. The molecule has 1 heterocycles. The van der Waals surface area contributed by atoms with E-state index < -0.39 is 0 Å². The number of anilines is 2. The molecule has 2 N–H and O–H groups in total. The molecule has 0 saturated carbocycles. The van der Waals surface area contributed by atoms with Gasteiger partial charge in [-0.15, -0.1) is 0 Å². The van der Waals surface area contributed by atoms with Gasteiger partial charge in [0.05, 0.1) is 5.57 Å². The number of allylic oxidation sites excluding steroid dienone is 1. The van der Waals surface area contributed by atoms with Gasteiger partial charge in [-0.3, -0.25) is 0 Å². The molecule has 0 amide bonds. The third-order valence-electron chi connectivity index (χ3n) is 3.49. The molecule has 0 radical (unpaired) electrons. The molecule has 0 bridgehead atoms. The van der Waals surface area contributed by atoms with Crippen LogP contribution in [0, 0.1) is 11.3 Å².